The van der Waals surface area contributed by atoms with Gasteiger partial charge < -0.3 is 9.47 Å². The predicted molar refractivity (Wildman–Crippen MR) is 90.6 cm³/mol. The molecule has 0 spiro atoms. The van der Waals surface area contributed by atoms with Crippen molar-refractivity contribution in [2.75, 3.05) is 26.3 Å². The maximum absolute atomic E-state index is 12.8. The van der Waals surface area contributed by atoms with Crippen LogP contribution in [0.5, 0.6) is 5.75 Å². The first-order valence-electron chi connectivity index (χ1n) is 7.64. The van der Waals surface area contributed by atoms with Crippen molar-refractivity contribution in [1.29, 1.82) is 0 Å². The molecule has 0 saturated heterocycles. The number of hydrogen-bond acceptors (Lipinski definition) is 4. The summed E-state index contributed by atoms with van der Waals surface area (Å²) in [7, 11) is -3.68. The van der Waals surface area contributed by atoms with Gasteiger partial charge in [-0.2, -0.15) is 4.31 Å². The molecule has 0 bridgehead atoms. The van der Waals surface area contributed by atoms with Crippen molar-refractivity contribution < 1.29 is 17.9 Å². The number of nitrogens with zero attached hydrogens (tertiary/aromatic N) is 1. The zero-order valence-corrected chi connectivity index (χ0v) is 14.8. The van der Waals surface area contributed by atoms with Crippen LogP contribution in [0.2, 0.25) is 5.02 Å². The van der Waals surface area contributed by atoms with Gasteiger partial charge in [-0.3, -0.25) is 0 Å². The second-order valence-electron chi connectivity index (χ2n) is 5.37. The fraction of sp³-hybridized carbons (Fsp3) is 0.500. The minimum absolute atomic E-state index is 0.0860. The molecule has 1 heterocycles. The van der Waals surface area contributed by atoms with Gasteiger partial charge in [-0.05, 0) is 24.6 Å². The monoisotopic (exact) mass is 359 g/mol. The Labute approximate surface area is 142 Å². The van der Waals surface area contributed by atoms with Crippen molar-refractivity contribution in [3.05, 3.63) is 35.9 Å². The molecule has 1 unspecified atom stereocenters. The molecule has 23 heavy (non-hydrogen) atoms. The highest BCUT2D eigenvalue weighted by molar-refractivity contribution is 7.89. The molecule has 0 N–H and O–H groups in total. The molecule has 2 rings (SSSR count). The molecule has 128 valence electrons. The van der Waals surface area contributed by atoms with Crippen molar-refractivity contribution in [2.45, 2.75) is 30.8 Å². The molecule has 7 heteroatoms. The lowest BCUT2D eigenvalue weighted by Crippen LogP contribution is -2.39. The molecule has 1 aliphatic heterocycles. The largest absolute Gasteiger partial charge is 0.485 e. The highest BCUT2D eigenvalue weighted by atomic mass is 35.5. The zero-order valence-electron chi connectivity index (χ0n) is 13.2. The van der Waals surface area contributed by atoms with Crippen LogP contribution in [0.4, 0.5) is 0 Å². The van der Waals surface area contributed by atoms with Crippen molar-refractivity contribution in [1.82, 2.24) is 4.31 Å². The van der Waals surface area contributed by atoms with E-state index in [1.165, 1.54) is 10.4 Å². The van der Waals surface area contributed by atoms with Gasteiger partial charge in [0.25, 0.3) is 0 Å². The summed E-state index contributed by atoms with van der Waals surface area (Å²) in [6.45, 7) is 7.12. The van der Waals surface area contributed by atoms with E-state index in [4.69, 9.17) is 21.1 Å². The summed E-state index contributed by atoms with van der Waals surface area (Å²) in [5, 5.41) is 0.354. The summed E-state index contributed by atoms with van der Waals surface area (Å²) < 4.78 is 38.4. The van der Waals surface area contributed by atoms with Crippen LogP contribution in [0, 0.1) is 0 Å². The normalized spacial score (nSPS) is 20.3. The van der Waals surface area contributed by atoms with E-state index in [2.05, 4.69) is 13.5 Å². The lowest BCUT2D eigenvalue weighted by molar-refractivity contribution is 0.0421. The van der Waals surface area contributed by atoms with Crippen molar-refractivity contribution >= 4 is 21.6 Å². The lowest BCUT2D eigenvalue weighted by atomic mass is 10.3. The van der Waals surface area contributed by atoms with E-state index in [1.807, 2.05) is 0 Å². The molecule has 1 aromatic rings. The van der Waals surface area contributed by atoms with Crippen molar-refractivity contribution in [3.8, 4) is 5.75 Å². The van der Waals surface area contributed by atoms with Crippen LogP contribution in [0.15, 0.2) is 35.7 Å². The number of unbranched alkanes of at least 4 members (excludes halogenated alkanes) is 1. The van der Waals surface area contributed by atoms with E-state index in [9.17, 15) is 8.42 Å². The standard InChI is InChI=1S/C16H22ClNO4S/c1-3-5-9-21-12-14-11-18(8-4-2)23(19,20)16-10-13(17)6-7-15(16)22-14/h4,6-7,10,14H,2-3,5,8-9,11-12H2,1H3. The topological polar surface area (TPSA) is 55.8 Å². The van der Waals surface area contributed by atoms with Crippen LogP contribution < -0.4 is 4.74 Å². The average Bonchev–Trinajstić information content (AvgIpc) is 2.61. The Hall–Kier alpha value is -1.08. The Kier molecular flexibility index (Phi) is 6.47. The fourth-order valence-corrected chi connectivity index (χ4v) is 4.15. The SMILES string of the molecule is C=CCN1CC(COCCCC)Oc2ccc(Cl)cc2S1(=O)=O. The quantitative estimate of drug-likeness (QED) is 0.554. The molecule has 5 nitrogen and oxygen atoms in total. The third-order valence-electron chi connectivity index (χ3n) is 3.50. The van der Waals surface area contributed by atoms with Crippen LogP contribution in [-0.4, -0.2) is 45.1 Å². The van der Waals surface area contributed by atoms with Gasteiger partial charge in [0.15, 0.2) is 0 Å². The number of benzene rings is 1. The second kappa shape index (κ2) is 8.15. The molecule has 0 amide bonds. The van der Waals surface area contributed by atoms with E-state index in [0.29, 0.717) is 24.0 Å². The van der Waals surface area contributed by atoms with E-state index in [0.717, 1.165) is 12.8 Å². The first-order valence-corrected chi connectivity index (χ1v) is 9.45. The summed E-state index contributed by atoms with van der Waals surface area (Å²) in [5.41, 5.74) is 0. The predicted octanol–water partition coefficient (Wildman–Crippen LogP) is 3.09. The molecule has 0 fully saturated rings. The average molecular weight is 360 g/mol. The molecule has 0 radical (unpaired) electrons. The molecule has 1 aromatic carbocycles. The highest BCUT2D eigenvalue weighted by Gasteiger charge is 2.34. The molecule has 0 saturated carbocycles. The molecular weight excluding hydrogens is 338 g/mol. The van der Waals surface area contributed by atoms with Crippen LogP contribution >= 0.6 is 11.6 Å². The molecule has 1 atom stereocenters. The van der Waals surface area contributed by atoms with Gasteiger partial charge in [0.1, 0.15) is 16.7 Å². The summed E-state index contributed by atoms with van der Waals surface area (Å²) in [6, 6.07) is 4.63. The van der Waals surface area contributed by atoms with E-state index in [1.54, 1.807) is 18.2 Å². The lowest BCUT2D eigenvalue weighted by Gasteiger charge is -2.21. The second-order valence-corrected chi connectivity index (χ2v) is 7.71. The van der Waals surface area contributed by atoms with Crippen molar-refractivity contribution in [3.63, 3.8) is 0 Å². The van der Waals surface area contributed by atoms with Gasteiger partial charge in [-0.25, -0.2) is 8.42 Å². The summed E-state index contributed by atoms with van der Waals surface area (Å²) in [6.07, 6.45) is 3.20. The van der Waals surface area contributed by atoms with Gasteiger partial charge in [-0.1, -0.05) is 31.0 Å². The van der Waals surface area contributed by atoms with Crippen LogP contribution in [0.25, 0.3) is 0 Å². The van der Waals surface area contributed by atoms with Crippen LogP contribution in [0.3, 0.4) is 0 Å². The number of ether oxygens (including phenoxy) is 2. The van der Waals surface area contributed by atoms with Gasteiger partial charge in [-0.15, -0.1) is 6.58 Å². The Balaban J connectivity index is 2.28. The Bertz CT molecular complexity index is 647. The highest BCUT2D eigenvalue weighted by Crippen LogP contribution is 2.33. The molecule has 0 aromatic heterocycles. The van der Waals surface area contributed by atoms with Gasteiger partial charge >= 0.3 is 0 Å². The Morgan fingerprint density at radius 3 is 3.00 bits per heavy atom. The van der Waals surface area contributed by atoms with E-state index in [-0.39, 0.29) is 24.1 Å². The summed E-state index contributed by atoms with van der Waals surface area (Å²) in [5.74, 6) is 0.310. The third-order valence-corrected chi connectivity index (χ3v) is 5.59. The number of halogens is 1. The molecule has 0 aliphatic carbocycles. The van der Waals surface area contributed by atoms with Gasteiger partial charge in [0.2, 0.25) is 10.0 Å². The molecular formula is C16H22ClNO4S. The van der Waals surface area contributed by atoms with E-state index >= 15 is 0 Å². The maximum atomic E-state index is 12.8. The Morgan fingerprint density at radius 1 is 1.52 bits per heavy atom. The Morgan fingerprint density at radius 2 is 2.30 bits per heavy atom. The van der Waals surface area contributed by atoms with E-state index < -0.39 is 10.0 Å². The van der Waals surface area contributed by atoms with Crippen LogP contribution in [-0.2, 0) is 14.8 Å². The first kappa shape index (κ1) is 18.3. The smallest absolute Gasteiger partial charge is 0.247 e. The maximum Gasteiger partial charge on any atom is 0.247 e. The van der Waals surface area contributed by atoms with Gasteiger partial charge in [0.05, 0.1) is 13.2 Å². The number of fused-ring (bicyclic) bond motifs is 1. The number of rotatable bonds is 7. The summed E-state index contributed by atoms with van der Waals surface area (Å²) in [4.78, 5) is 0.0860. The summed E-state index contributed by atoms with van der Waals surface area (Å²) >= 11 is 5.95. The third kappa shape index (κ3) is 4.47. The number of hydrogen-bond donors (Lipinski definition) is 0. The molecule has 1 aliphatic rings. The fourth-order valence-electron chi connectivity index (χ4n) is 2.33. The minimum Gasteiger partial charge on any atom is -0.485 e. The van der Waals surface area contributed by atoms with Gasteiger partial charge in [0, 0.05) is 18.2 Å². The van der Waals surface area contributed by atoms with Crippen LogP contribution in [0.1, 0.15) is 19.8 Å². The first-order chi connectivity index (χ1) is 11.0. The minimum atomic E-state index is -3.68. The zero-order chi connectivity index (χ0) is 16.9. The number of sulfonamides is 1. The van der Waals surface area contributed by atoms with Crippen molar-refractivity contribution in [2.24, 2.45) is 0 Å².